The fourth-order valence-corrected chi connectivity index (χ4v) is 2.04. The summed E-state index contributed by atoms with van der Waals surface area (Å²) in [6.07, 6.45) is 5.54. The van der Waals surface area contributed by atoms with Gasteiger partial charge in [-0.3, -0.25) is 0 Å². The molecule has 1 unspecified atom stereocenters. The van der Waals surface area contributed by atoms with Crippen LogP contribution in [0.15, 0.2) is 18.3 Å². The molecule has 3 heteroatoms. The summed E-state index contributed by atoms with van der Waals surface area (Å²) in [5, 5.41) is 3.51. The molecule has 2 rings (SSSR count). The van der Waals surface area contributed by atoms with Crippen molar-refractivity contribution in [3.05, 3.63) is 23.9 Å². The molecule has 2 heterocycles. The number of ether oxygens (including phenoxy) is 1. The van der Waals surface area contributed by atoms with Gasteiger partial charge in [0.1, 0.15) is 0 Å². The highest BCUT2D eigenvalue weighted by atomic mass is 16.5. The lowest BCUT2D eigenvalue weighted by molar-refractivity contribution is 0.311. The number of pyridine rings is 1. The van der Waals surface area contributed by atoms with Gasteiger partial charge in [0.25, 0.3) is 0 Å². The molecule has 0 bridgehead atoms. The number of nitrogens with zero attached hydrogens (tertiary/aromatic N) is 1. The van der Waals surface area contributed by atoms with E-state index in [1.807, 2.05) is 13.0 Å². The second kappa shape index (κ2) is 5.12. The molecule has 1 aromatic heterocycles. The van der Waals surface area contributed by atoms with E-state index in [2.05, 4.69) is 16.4 Å². The lowest BCUT2D eigenvalue weighted by Crippen LogP contribution is -2.27. The summed E-state index contributed by atoms with van der Waals surface area (Å²) < 4.78 is 5.54. The molecule has 0 aliphatic carbocycles. The van der Waals surface area contributed by atoms with Gasteiger partial charge in [-0.2, -0.15) is 0 Å². The molecule has 0 amide bonds. The molecule has 3 nitrogen and oxygen atoms in total. The summed E-state index contributed by atoms with van der Waals surface area (Å²) >= 11 is 0. The van der Waals surface area contributed by atoms with Gasteiger partial charge < -0.3 is 10.1 Å². The summed E-state index contributed by atoms with van der Waals surface area (Å²) in [6, 6.07) is 4.52. The highest BCUT2D eigenvalue weighted by Crippen LogP contribution is 2.28. The molecule has 1 aliphatic rings. The third-order valence-corrected chi connectivity index (χ3v) is 2.77. The minimum absolute atomic E-state index is 0.425. The Morgan fingerprint density at radius 2 is 2.47 bits per heavy atom. The van der Waals surface area contributed by atoms with Crippen molar-refractivity contribution in [2.75, 3.05) is 13.2 Å². The Morgan fingerprint density at radius 1 is 1.53 bits per heavy atom. The molecule has 0 spiro atoms. The van der Waals surface area contributed by atoms with Gasteiger partial charge in [-0.1, -0.05) is 12.5 Å². The highest BCUT2D eigenvalue weighted by molar-refractivity contribution is 5.29. The first-order valence-electron chi connectivity index (χ1n) is 5.73. The van der Waals surface area contributed by atoms with Crippen molar-refractivity contribution in [2.24, 2.45) is 0 Å². The van der Waals surface area contributed by atoms with Gasteiger partial charge in [-0.05, 0) is 32.4 Å². The molecule has 1 aromatic rings. The van der Waals surface area contributed by atoms with E-state index in [1.165, 1.54) is 24.8 Å². The smallest absolute Gasteiger partial charge is 0.218 e. The normalized spacial score (nSPS) is 21.3. The summed E-state index contributed by atoms with van der Waals surface area (Å²) in [5.41, 5.74) is 1.21. The van der Waals surface area contributed by atoms with Gasteiger partial charge in [0.05, 0.1) is 6.61 Å². The molecule has 1 aliphatic heterocycles. The Labute approximate surface area is 90.9 Å². The zero-order chi connectivity index (χ0) is 10.5. The maximum atomic E-state index is 5.54. The Morgan fingerprint density at radius 3 is 3.20 bits per heavy atom. The maximum absolute atomic E-state index is 5.54. The number of piperidine rings is 1. The van der Waals surface area contributed by atoms with Crippen LogP contribution in [0.3, 0.4) is 0 Å². The minimum atomic E-state index is 0.425. The molecule has 82 valence electrons. The van der Waals surface area contributed by atoms with Crippen LogP contribution in [0.5, 0.6) is 5.88 Å². The first-order valence-corrected chi connectivity index (χ1v) is 5.73. The topological polar surface area (TPSA) is 34.1 Å². The number of nitrogens with one attached hydrogen (secondary N) is 1. The molecule has 1 N–H and O–H groups in total. The third kappa shape index (κ3) is 2.48. The maximum Gasteiger partial charge on any atom is 0.218 e. The van der Waals surface area contributed by atoms with Crippen LogP contribution < -0.4 is 10.1 Å². The van der Waals surface area contributed by atoms with Gasteiger partial charge in [0.2, 0.25) is 5.88 Å². The summed E-state index contributed by atoms with van der Waals surface area (Å²) in [4.78, 5) is 4.28. The Hall–Kier alpha value is -1.09. The SMILES string of the molecule is CCOc1ncccc1C1CCCCN1. The molecule has 15 heavy (non-hydrogen) atoms. The zero-order valence-corrected chi connectivity index (χ0v) is 9.20. The average molecular weight is 206 g/mol. The lowest BCUT2D eigenvalue weighted by Gasteiger charge is -2.24. The van der Waals surface area contributed by atoms with Gasteiger partial charge in [-0.25, -0.2) is 4.98 Å². The van der Waals surface area contributed by atoms with Crippen LogP contribution in [-0.4, -0.2) is 18.1 Å². The van der Waals surface area contributed by atoms with Crippen LogP contribution in [0.25, 0.3) is 0 Å². The van der Waals surface area contributed by atoms with Crippen molar-refractivity contribution in [1.82, 2.24) is 10.3 Å². The van der Waals surface area contributed by atoms with Crippen molar-refractivity contribution in [1.29, 1.82) is 0 Å². The second-order valence-corrected chi connectivity index (χ2v) is 3.83. The van der Waals surface area contributed by atoms with Crippen LogP contribution in [0.4, 0.5) is 0 Å². The van der Waals surface area contributed by atoms with Crippen LogP contribution in [0.1, 0.15) is 37.8 Å². The number of hydrogen-bond acceptors (Lipinski definition) is 3. The highest BCUT2D eigenvalue weighted by Gasteiger charge is 2.18. The van der Waals surface area contributed by atoms with Gasteiger partial charge >= 0.3 is 0 Å². The summed E-state index contributed by atoms with van der Waals surface area (Å²) in [6.45, 7) is 3.77. The molecule has 0 radical (unpaired) electrons. The number of rotatable bonds is 3. The van der Waals surface area contributed by atoms with Crippen molar-refractivity contribution in [2.45, 2.75) is 32.2 Å². The van der Waals surface area contributed by atoms with E-state index in [9.17, 15) is 0 Å². The average Bonchev–Trinajstić information content (AvgIpc) is 2.31. The van der Waals surface area contributed by atoms with E-state index < -0.39 is 0 Å². The molecule has 1 fully saturated rings. The first-order chi connectivity index (χ1) is 7.42. The van der Waals surface area contributed by atoms with Gasteiger partial charge in [-0.15, -0.1) is 0 Å². The molecular weight excluding hydrogens is 188 g/mol. The molecule has 1 atom stereocenters. The predicted octanol–water partition coefficient (Wildman–Crippen LogP) is 2.29. The fraction of sp³-hybridized carbons (Fsp3) is 0.583. The molecule has 0 aromatic carbocycles. The van der Waals surface area contributed by atoms with Crippen molar-refractivity contribution >= 4 is 0 Å². The van der Waals surface area contributed by atoms with Crippen molar-refractivity contribution in [3.8, 4) is 5.88 Å². The predicted molar refractivity (Wildman–Crippen MR) is 60.0 cm³/mol. The lowest BCUT2D eigenvalue weighted by atomic mass is 9.98. The largest absolute Gasteiger partial charge is 0.478 e. The first kappa shape index (κ1) is 10.4. The van der Waals surface area contributed by atoms with E-state index in [4.69, 9.17) is 4.74 Å². The number of hydrogen-bond donors (Lipinski definition) is 1. The van der Waals surface area contributed by atoms with Crippen LogP contribution in [-0.2, 0) is 0 Å². The molecular formula is C12H18N2O. The standard InChI is InChI=1S/C12H18N2O/c1-2-15-12-10(6-5-9-14-12)11-7-3-4-8-13-11/h5-6,9,11,13H,2-4,7-8H2,1H3. The second-order valence-electron chi connectivity index (χ2n) is 3.83. The van der Waals surface area contributed by atoms with E-state index in [0.29, 0.717) is 12.6 Å². The summed E-state index contributed by atoms with van der Waals surface area (Å²) in [5.74, 6) is 0.791. The minimum Gasteiger partial charge on any atom is -0.478 e. The van der Waals surface area contributed by atoms with Crippen molar-refractivity contribution in [3.63, 3.8) is 0 Å². The third-order valence-electron chi connectivity index (χ3n) is 2.77. The zero-order valence-electron chi connectivity index (χ0n) is 9.20. The quantitative estimate of drug-likeness (QED) is 0.824. The Bertz CT molecular complexity index is 308. The molecule has 0 saturated carbocycles. The molecule has 1 saturated heterocycles. The fourth-order valence-electron chi connectivity index (χ4n) is 2.04. The Balaban J connectivity index is 2.17. The summed E-state index contributed by atoms with van der Waals surface area (Å²) in [7, 11) is 0. The van der Waals surface area contributed by atoms with E-state index in [1.54, 1.807) is 6.20 Å². The van der Waals surface area contributed by atoms with E-state index in [-0.39, 0.29) is 0 Å². The van der Waals surface area contributed by atoms with Gasteiger partial charge in [0, 0.05) is 17.8 Å². The Kier molecular flexibility index (Phi) is 3.56. The van der Waals surface area contributed by atoms with Gasteiger partial charge in [0.15, 0.2) is 0 Å². The van der Waals surface area contributed by atoms with Crippen LogP contribution in [0.2, 0.25) is 0 Å². The van der Waals surface area contributed by atoms with E-state index >= 15 is 0 Å². The van der Waals surface area contributed by atoms with E-state index in [0.717, 1.165) is 12.4 Å². The number of aromatic nitrogens is 1. The van der Waals surface area contributed by atoms with Crippen molar-refractivity contribution < 1.29 is 4.74 Å². The van der Waals surface area contributed by atoms with Crippen LogP contribution in [0, 0.1) is 0 Å². The van der Waals surface area contributed by atoms with Crippen LogP contribution >= 0.6 is 0 Å². The monoisotopic (exact) mass is 206 g/mol.